The van der Waals surface area contributed by atoms with Crippen LogP contribution in [-0.2, 0) is 0 Å². The molecule has 0 spiro atoms. The number of H-pyrrole nitrogens is 1. The monoisotopic (exact) mass is 457 g/mol. The molecule has 1 fully saturated rings. The van der Waals surface area contributed by atoms with E-state index in [0.717, 1.165) is 33.3 Å². The smallest absolute Gasteiger partial charge is 0.254 e. The van der Waals surface area contributed by atoms with Crippen LogP contribution >= 0.6 is 12.2 Å². The van der Waals surface area contributed by atoms with E-state index in [1.165, 1.54) is 12.1 Å². The number of nitrogens with one attached hydrogen (secondary N) is 1. The van der Waals surface area contributed by atoms with E-state index in [1.54, 1.807) is 12.1 Å². The molecule has 0 unspecified atom stereocenters. The number of rotatable bonds is 2. The summed E-state index contributed by atoms with van der Waals surface area (Å²) in [5.41, 5.74) is 4.99. The number of carbonyl (C=O) groups excluding carboxylic acids is 1. The van der Waals surface area contributed by atoms with Gasteiger partial charge in [0, 0.05) is 42.8 Å². The molecular formula is C25H20FN5OS. The first-order valence-corrected chi connectivity index (χ1v) is 11.2. The average molecular weight is 458 g/mol. The Labute approximate surface area is 193 Å². The van der Waals surface area contributed by atoms with Gasteiger partial charge in [0.25, 0.3) is 5.91 Å². The number of benzene rings is 3. The fourth-order valence-electron chi connectivity index (χ4n) is 4.56. The maximum Gasteiger partial charge on any atom is 0.254 e. The van der Waals surface area contributed by atoms with Gasteiger partial charge in [0.05, 0.1) is 16.6 Å². The SMILES string of the molecule is O=C(c1ccc2c(c1)[nH]c(=S)n1c3ccccc3nc21)N1CCN(c2ccc(F)cc2)CC1. The number of piperazine rings is 1. The molecule has 164 valence electrons. The lowest BCUT2D eigenvalue weighted by atomic mass is 10.1. The van der Waals surface area contributed by atoms with Crippen molar-refractivity contribution in [1.82, 2.24) is 19.3 Å². The van der Waals surface area contributed by atoms with E-state index in [1.807, 2.05) is 51.8 Å². The van der Waals surface area contributed by atoms with Crippen LogP contribution < -0.4 is 4.90 Å². The van der Waals surface area contributed by atoms with Gasteiger partial charge in [-0.25, -0.2) is 9.37 Å². The molecule has 6 nitrogen and oxygen atoms in total. The molecule has 0 bridgehead atoms. The van der Waals surface area contributed by atoms with Gasteiger partial charge in [-0.2, -0.15) is 0 Å². The van der Waals surface area contributed by atoms with E-state index in [9.17, 15) is 9.18 Å². The van der Waals surface area contributed by atoms with Crippen molar-refractivity contribution < 1.29 is 9.18 Å². The minimum absolute atomic E-state index is 0.0108. The highest BCUT2D eigenvalue weighted by atomic mass is 32.1. The average Bonchev–Trinajstić information content (AvgIpc) is 3.24. The summed E-state index contributed by atoms with van der Waals surface area (Å²) in [4.78, 5) is 25.3. The second-order valence-electron chi connectivity index (χ2n) is 8.21. The van der Waals surface area contributed by atoms with Gasteiger partial charge in [-0.05, 0) is 66.8 Å². The van der Waals surface area contributed by atoms with E-state index >= 15 is 0 Å². The molecule has 3 aromatic carbocycles. The quantitative estimate of drug-likeness (QED) is 0.387. The fraction of sp³-hybridized carbons (Fsp3) is 0.160. The molecule has 0 atom stereocenters. The molecular weight excluding hydrogens is 437 g/mol. The summed E-state index contributed by atoms with van der Waals surface area (Å²) < 4.78 is 15.7. The Morgan fingerprint density at radius 1 is 0.970 bits per heavy atom. The lowest BCUT2D eigenvalue weighted by molar-refractivity contribution is 0.0747. The third kappa shape index (κ3) is 3.34. The van der Waals surface area contributed by atoms with Gasteiger partial charge in [0.15, 0.2) is 4.77 Å². The molecule has 1 N–H and O–H groups in total. The standard InChI is InChI=1S/C25H20FN5OS/c26-17-6-8-18(9-7-17)29-11-13-30(14-12-29)24(32)16-5-10-19-21(15-16)28-25(33)31-22-4-2-1-3-20(22)27-23(19)31/h1-10,15H,11-14H2,(H,28,33). The Balaban J connectivity index is 1.29. The van der Waals surface area contributed by atoms with Crippen LogP contribution in [0.4, 0.5) is 10.1 Å². The van der Waals surface area contributed by atoms with Crippen LogP contribution in [0.15, 0.2) is 66.7 Å². The van der Waals surface area contributed by atoms with Gasteiger partial charge < -0.3 is 14.8 Å². The molecule has 2 aromatic heterocycles. The molecule has 6 rings (SSSR count). The first-order valence-electron chi connectivity index (χ1n) is 10.8. The zero-order valence-corrected chi connectivity index (χ0v) is 18.5. The van der Waals surface area contributed by atoms with Crippen LogP contribution in [0.2, 0.25) is 0 Å². The number of hydrogen-bond donors (Lipinski definition) is 1. The van der Waals surface area contributed by atoms with Crippen LogP contribution in [0.5, 0.6) is 0 Å². The lowest BCUT2D eigenvalue weighted by Crippen LogP contribution is -2.48. The number of hydrogen-bond acceptors (Lipinski definition) is 4. The Bertz CT molecular complexity index is 1580. The molecule has 1 amide bonds. The number of halogens is 1. The van der Waals surface area contributed by atoms with Crippen molar-refractivity contribution in [3.05, 3.63) is 82.9 Å². The maximum absolute atomic E-state index is 13.2. The van der Waals surface area contributed by atoms with Gasteiger partial charge in [-0.15, -0.1) is 0 Å². The number of imidazole rings is 1. The molecule has 33 heavy (non-hydrogen) atoms. The molecule has 0 aliphatic carbocycles. The summed E-state index contributed by atoms with van der Waals surface area (Å²) in [5.74, 6) is -0.257. The number of carbonyl (C=O) groups is 1. The van der Waals surface area contributed by atoms with Gasteiger partial charge in [0.2, 0.25) is 0 Å². The number of fused-ring (bicyclic) bond motifs is 5. The molecule has 3 heterocycles. The van der Waals surface area contributed by atoms with Crippen molar-refractivity contribution in [3.8, 4) is 0 Å². The first kappa shape index (κ1) is 19.9. The van der Waals surface area contributed by atoms with Crippen molar-refractivity contribution in [3.63, 3.8) is 0 Å². The number of aromatic nitrogens is 3. The van der Waals surface area contributed by atoms with Crippen molar-refractivity contribution >= 4 is 51.4 Å². The Hall–Kier alpha value is -3.78. The van der Waals surface area contributed by atoms with E-state index in [0.29, 0.717) is 36.5 Å². The summed E-state index contributed by atoms with van der Waals surface area (Å²) in [6.45, 7) is 2.62. The topological polar surface area (TPSA) is 56.6 Å². The minimum Gasteiger partial charge on any atom is -0.368 e. The normalized spacial score (nSPS) is 14.5. The second kappa shape index (κ2) is 7.67. The van der Waals surface area contributed by atoms with Gasteiger partial charge >= 0.3 is 0 Å². The highest BCUT2D eigenvalue weighted by molar-refractivity contribution is 7.71. The molecule has 8 heteroatoms. The number of aromatic amines is 1. The second-order valence-corrected chi connectivity index (χ2v) is 8.59. The van der Waals surface area contributed by atoms with E-state index in [4.69, 9.17) is 17.2 Å². The molecule has 1 aliphatic rings. The third-order valence-corrected chi connectivity index (χ3v) is 6.56. The van der Waals surface area contributed by atoms with Crippen molar-refractivity contribution in [2.24, 2.45) is 0 Å². The third-order valence-electron chi connectivity index (χ3n) is 6.27. The maximum atomic E-state index is 13.2. The van der Waals surface area contributed by atoms with Gasteiger partial charge in [0.1, 0.15) is 11.5 Å². The van der Waals surface area contributed by atoms with Gasteiger partial charge in [-0.3, -0.25) is 9.20 Å². The highest BCUT2D eigenvalue weighted by Gasteiger charge is 2.23. The predicted octanol–water partition coefficient (Wildman–Crippen LogP) is 4.80. The Kier molecular flexibility index (Phi) is 4.62. The largest absolute Gasteiger partial charge is 0.368 e. The summed E-state index contributed by atoms with van der Waals surface area (Å²) in [5, 5.41) is 0.914. The Morgan fingerprint density at radius 2 is 1.73 bits per heavy atom. The zero-order chi connectivity index (χ0) is 22.5. The van der Waals surface area contributed by atoms with E-state index in [-0.39, 0.29) is 11.7 Å². The van der Waals surface area contributed by atoms with Crippen molar-refractivity contribution in [2.45, 2.75) is 0 Å². The van der Waals surface area contributed by atoms with Crippen LogP contribution in [0, 0.1) is 10.6 Å². The van der Waals surface area contributed by atoms with Crippen LogP contribution in [-0.4, -0.2) is 51.4 Å². The predicted molar refractivity (Wildman–Crippen MR) is 130 cm³/mol. The molecule has 5 aromatic rings. The highest BCUT2D eigenvalue weighted by Crippen LogP contribution is 2.25. The van der Waals surface area contributed by atoms with Gasteiger partial charge in [-0.1, -0.05) is 12.1 Å². The minimum atomic E-state index is -0.247. The van der Waals surface area contributed by atoms with Crippen molar-refractivity contribution in [1.29, 1.82) is 0 Å². The summed E-state index contributed by atoms with van der Waals surface area (Å²) in [6, 6.07) is 20.0. The molecule has 0 saturated carbocycles. The fourth-order valence-corrected chi connectivity index (χ4v) is 4.86. The lowest BCUT2D eigenvalue weighted by Gasteiger charge is -2.36. The van der Waals surface area contributed by atoms with Crippen molar-refractivity contribution in [2.75, 3.05) is 31.1 Å². The van der Waals surface area contributed by atoms with Crippen LogP contribution in [0.3, 0.4) is 0 Å². The van der Waals surface area contributed by atoms with Crippen LogP contribution in [0.25, 0.3) is 27.6 Å². The number of anilines is 1. The summed E-state index contributed by atoms with van der Waals surface area (Å²) in [7, 11) is 0. The van der Waals surface area contributed by atoms with E-state index < -0.39 is 0 Å². The Morgan fingerprint density at radius 3 is 2.52 bits per heavy atom. The first-order chi connectivity index (χ1) is 16.1. The van der Waals surface area contributed by atoms with E-state index in [2.05, 4.69) is 9.88 Å². The van der Waals surface area contributed by atoms with Crippen LogP contribution in [0.1, 0.15) is 10.4 Å². The number of amides is 1. The molecule has 1 saturated heterocycles. The molecule has 1 aliphatic heterocycles. The zero-order valence-electron chi connectivity index (χ0n) is 17.7. The molecule has 0 radical (unpaired) electrons. The number of nitrogens with zero attached hydrogens (tertiary/aromatic N) is 4. The number of para-hydroxylation sites is 2. The summed E-state index contributed by atoms with van der Waals surface area (Å²) >= 11 is 5.61. The summed E-state index contributed by atoms with van der Waals surface area (Å²) in [6.07, 6.45) is 0.